The van der Waals surface area contributed by atoms with Crippen molar-refractivity contribution < 1.29 is 22.8 Å². The first-order valence-electron chi connectivity index (χ1n) is 9.53. The predicted octanol–water partition coefficient (Wildman–Crippen LogP) is 6.29. The van der Waals surface area contributed by atoms with E-state index in [9.17, 15) is 22.8 Å². The van der Waals surface area contributed by atoms with Gasteiger partial charge in [0.2, 0.25) is 5.91 Å². The summed E-state index contributed by atoms with van der Waals surface area (Å²) in [5.41, 5.74) is 0.978. The Bertz CT molecular complexity index is 1090. The summed E-state index contributed by atoms with van der Waals surface area (Å²) in [4.78, 5) is 26.7. The molecule has 1 aliphatic heterocycles. The summed E-state index contributed by atoms with van der Waals surface area (Å²) >= 11 is 12.1. The van der Waals surface area contributed by atoms with Crippen LogP contribution in [0.4, 0.5) is 18.9 Å². The minimum absolute atomic E-state index is 0.00151. The first kappa shape index (κ1) is 24.3. The lowest BCUT2D eigenvalue weighted by atomic mass is 10.1. The number of nitrogens with one attached hydrogen (secondary N) is 1. The zero-order valence-electron chi connectivity index (χ0n) is 16.8. The first-order valence-corrected chi connectivity index (χ1v) is 11.1. The van der Waals surface area contributed by atoms with Gasteiger partial charge in [-0.3, -0.25) is 14.5 Å². The van der Waals surface area contributed by atoms with Gasteiger partial charge in [-0.1, -0.05) is 65.4 Å². The number of amides is 2. The maximum atomic E-state index is 12.9. The number of alkyl halides is 3. The van der Waals surface area contributed by atoms with Crippen molar-refractivity contribution in [3.8, 4) is 0 Å². The number of carbonyl (C=O) groups excluding carboxylic acids is 2. The van der Waals surface area contributed by atoms with Gasteiger partial charge >= 0.3 is 6.18 Å². The summed E-state index contributed by atoms with van der Waals surface area (Å²) in [6, 6.07) is 10.9. The van der Waals surface area contributed by atoms with Gasteiger partial charge in [-0.25, -0.2) is 0 Å². The van der Waals surface area contributed by atoms with Gasteiger partial charge in [0.25, 0.3) is 5.91 Å². The Balaban J connectivity index is 1.55. The van der Waals surface area contributed by atoms with Gasteiger partial charge in [-0.05, 0) is 43.2 Å². The minimum atomic E-state index is -4.62. The highest BCUT2D eigenvalue weighted by Crippen LogP contribution is 2.36. The standard InChI is InChI=1S/C22H18ClF3N2O2S2/c1-13-4-6-14(7-5-13)11-18-20(30)28(21(31)32-18)10-2-3-19(29)27-15-8-9-17(23)16(12-15)22(24,25)26/h4-9,11-12H,2-3,10H2,1H3,(H,27,29)/b18-11+. The monoisotopic (exact) mass is 498 g/mol. The Kier molecular flexibility index (Phi) is 7.63. The predicted molar refractivity (Wildman–Crippen MR) is 125 cm³/mol. The fourth-order valence-corrected chi connectivity index (χ4v) is 4.48. The lowest BCUT2D eigenvalue weighted by Crippen LogP contribution is -2.29. The Morgan fingerprint density at radius 1 is 1.22 bits per heavy atom. The highest BCUT2D eigenvalue weighted by atomic mass is 35.5. The summed E-state index contributed by atoms with van der Waals surface area (Å²) in [7, 11) is 0. The fraction of sp³-hybridized carbons (Fsp3) is 0.227. The third kappa shape index (κ3) is 6.11. The topological polar surface area (TPSA) is 49.4 Å². The van der Waals surface area contributed by atoms with Gasteiger partial charge in [-0.15, -0.1) is 0 Å². The van der Waals surface area contributed by atoms with Crippen molar-refractivity contribution in [3.05, 3.63) is 69.1 Å². The molecule has 0 radical (unpaired) electrons. The Morgan fingerprint density at radius 3 is 2.56 bits per heavy atom. The van der Waals surface area contributed by atoms with Crippen LogP contribution in [0.3, 0.4) is 0 Å². The van der Waals surface area contributed by atoms with Crippen LogP contribution in [0.25, 0.3) is 6.08 Å². The van der Waals surface area contributed by atoms with Crippen LogP contribution in [0.15, 0.2) is 47.4 Å². The number of aryl methyl sites for hydroxylation is 1. The quantitative estimate of drug-likeness (QED) is 0.376. The first-order chi connectivity index (χ1) is 15.0. The number of carbonyl (C=O) groups is 2. The van der Waals surface area contributed by atoms with Crippen molar-refractivity contribution in [1.29, 1.82) is 0 Å². The fourth-order valence-electron chi connectivity index (χ4n) is 2.95. The summed E-state index contributed by atoms with van der Waals surface area (Å²) in [6.45, 7) is 2.21. The molecular formula is C22H18ClF3N2O2S2. The highest BCUT2D eigenvalue weighted by molar-refractivity contribution is 8.26. The summed E-state index contributed by atoms with van der Waals surface area (Å²) < 4.78 is 39.2. The molecule has 0 saturated carbocycles. The smallest absolute Gasteiger partial charge is 0.326 e. The number of hydrogen-bond acceptors (Lipinski definition) is 4. The number of thiocarbonyl (C=S) groups is 1. The zero-order chi connectivity index (χ0) is 23.5. The Labute approximate surface area is 197 Å². The average molecular weight is 499 g/mol. The van der Waals surface area contributed by atoms with Gasteiger partial charge in [0.1, 0.15) is 4.32 Å². The van der Waals surface area contributed by atoms with Crippen LogP contribution in [0, 0.1) is 6.92 Å². The molecule has 2 aromatic carbocycles. The van der Waals surface area contributed by atoms with Gasteiger partial charge in [0.15, 0.2) is 0 Å². The number of rotatable bonds is 6. The molecule has 1 fully saturated rings. The van der Waals surface area contributed by atoms with E-state index in [0.29, 0.717) is 15.6 Å². The second-order valence-corrected chi connectivity index (χ2v) is 9.17. The SMILES string of the molecule is Cc1ccc(/C=C2/SC(=S)N(CCCC(=O)Nc3ccc(Cl)c(C(F)(F)F)c3)C2=O)cc1. The van der Waals surface area contributed by atoms with E-state index in [0.717, 1.165) is 23.3 Å². The average Bonchev–Trinajstić information content (AvgIpc) is 2.97. The zero-order valence-corrected chi connectivity index (χ0v) is 19.2. The molecule has 2 aromatic rings. The molecular weight excluding hydrogens is 481 g/mol. The van der Waals surface area contributed by atoms with E-state index in [1.165, 1.54) is 22.7 Å². The molecule has 0 atom stereocenters. The van der Waals surface area contributed by atoms with E-state index in [-0.39, 0.29) is 24.6 Å². The summed E-state index contributed by atoms with van der Waals surface area (Å²) in [6.07, 6.45) is -2.54. The van der Waals surface area contributed by atoms with Crippen LogP contribution in [0.2, 0.25) is 5.02 Å². The number of benzene rings is 2. The van der Waals surface area contributed by atoms with E-state index < -0.39 is 22.7 Å². The van der Waals surface area contributed by atoms with E-state index >= 15 is 0 Å². The molecule has 0 unspecified atom stereocenters. The number of anilines is 1. The Hall–Kier alpha value is -2.36. The van der Waals surface area contributed by atoms with Crippen LogP contribution in [0.5, 0.6) is 0 Å². The van der Waals surface area contributed by atoms with Crippen LogP contribution in [-0.2, 0) is 15.8 Å². The number of nitrogens with zero attached hydrogens (tertiary/aromatic N) is 1. The molecule has 0 bridgehead atoms. The molecule has 32 heavy (non-hydrogen) atoms. The Morgan fingerprint density at radius 2 is 1.91 bits per heavy atom. The third-order valence-corrected chi connectivity index (χ3v) is 6.30. The molecule has 3 rings (SSSR count). The maximum absolute atomic E-state index is 12.9. The molecule has 168 valence electrons. The van der Waals surface area contributed by atoms with Crippen LogP contribution in [0.1, 0.15) is 29.5 Å². The normalized spacial score (nSPS) is 15.5. The van der Waals surface area contributed by atoms with E-state index in [2.05, 4.69) is 5.32 Å². The van der Waals surface area contributed by atoms with Crippen molar-refractivity contribution >= 4 is 63.5 Å². The second kappa shape index (κ2) is 10.1. The highest BCUT2D eigenvalue weighted by Gasteiger charge is 2.34. The largest absolute Gasteiger partial charge is 0.417 e. The maximum Gasteiger partial charge on any atom is 0.417 e. The number of hydrogen-bond donors (Lipinski definition) is 1. The third-order valence-electron chi connectivity index (χ3n) is 4.59. The molecule has 2 amide bonds. The van der Waals surface area contributed by atoms with Crippen molar-refractivity contribution in [2.45, 2.75) is 25.9 Å². The van der Waals surface area contributed by atoms with Gasteiger partial charge in [-0.2, -0.15) is 13.2 Å². The van der Waals surface area contributed by atoms with Gasteiger partial charge in [0, 0.05) is 18.7 Å². The molecule has 0 spiro atoms. The van der Waals surface area contributed by atoms with Crippen LogP contribution < -0.4 is 5.32 Å². The molecule has 10 heteroatoms. The minimum Gasteiger partial charge on any atom is -0.326 e. The molecule has 1 saturated heterocycles. The van der Waals surface area contributed by atoms with E-state index in [4.69, 9.17) is 23.8 Å². The van der Waals surface area contributed by atoms with Gasteiger partial charge < -0.3 is 5.32 Å². The van der Waals surface area contributed by atoms with Crippen molar-refractivity contribution in [3.63, 3.8) is 0 Å². The number of halogens is 4. The number of thioether (sulfide) groups is 1. The molecule has 0 aromatic heterocycles. The molecule has 0 aliphatic carbocycles. The van der Waals surface area contributed by atoms with Crippen molar-refractivity contribution in [2.24, 2.45) is 0 Å². The second-order valence-electron chi connectivity index (χ2n) is 7.09. The molecule has 1 heterocycles. The molecule has 4 nitrogen and oxygen atoms in total. The van der Waals surface area contributed by atoms with Crippen molar-refractivity contribution in [1.82, 2.24) is 4.90 Å². The molecule has 1 aliphatic rings. The van der Waals surface area contributed by atoms with E-state index in [1.54, 1.807) is 6.08 Å². The molecule has 1 N–H and O–H groups in total. The van der Waals surface area contributed by atoms with E-state index in [1.807, 2.05) is 31.2 Å². The van der Waals surface area contributed by atoms with Gasteiger partial charge in [0.05, 0.1) is 15.5 Å². The lowest BCUT2D eigenvalue weighted by Gasteiger charge is -2.14. The summed E-state index contributed by atoms with van der Waals surface area (Å²) in [5.74, 6) is -0.699. The van der Waals surface area contributed by atoms with Crippen molar-refractivity contribution in [2.75, 3.05) is 11.9 Å². The van der Waals surface area contributed by atoms with Crippen LogP contribution >= 0.6 is 35.6 Å². The summed E-state index contributed by atoms with van der Waals surface area (Å²) in [5, 5.41) is 1.98. The van der Waals surface area contributed by atoms with Crippen LogP contribution in [-0.4, -0.2) is 27.6 Å². The lowest BCUT2D eigenvalue weighted by molar-refractivity contribution is -0.137.